The molecule has 3 N–H and O–H groups in total. The van der Waals surface area contributed by atoms with Gasteiger partial charge in [-0.05, 0) is 31.0 Å². The van der Waals surface area contributed by atoms with Gasteiger partial charge in [-0.2, -0.15) is 13.2 Å². The van der Waals surface area contributed by atoms with Gasteiger partial charge in [0.15, 0.2) is 5.84 Å². The number of hydrogen-bond donors (Lipinski definition) is 2. The van der Waals surface area contributed by atoms with E-state index in [1.165, 1.54) is 12.1 Å². The van der Waals surface area contributed by atoms with E-state index < -0.39 is 17.6 Å². The van der Waals surface area contributed by atoms with E-state index in [1.807, 2.05) is 18.7 Å². The van der Waals surface area contributed by atoms with Crippen LogP contribution in [-0.2, 0) is 6.18 Å². The number of oxime groups is 1. The molecule has 0 fully saturated rings. The van der Waals surface area contributed by atoms with E-state index >= 15 is 0 Å². The van der Waals surface area contributed by atoms with Crippen molar-refractivity contribution in [3.05, 3.63) is 29.3 Å². The minimum atomic E-state index is -4.55. The Balaban J connectivity index is 3.32. The van der Waals surface area contributed by atoms with Crippen molar-refractivity contribution in [2.24, 2.45) is 10.9 Å². The second kappa shape index (κ2) is 7.19. The lowest BCUT2D eigenvalue weighted by Gasteiger charge is -2.25. The molecule has 1 rings (SSSR count). The lowest BCUT2D eigenvalue weighted by molar-refractivity contribution is -0.137. The van der Waals surface area contributed by atoms with E-state index in [-0.39, 0.29) is 5.56 Å². The number of hydrogen-bond acceptors (Lipinski definition) is 3. The molecule has 1 aromatic carbocycles. The quantitative estimate of drug-likeness (QED) is 0.366. The number of benzene rings is 1. The van der Waals surface area contributed by atoms with Crippen LogP contribution in [0.25, 0.3) is 0 Å². The molecule has 0 spiro atoms. The molecule has 0 atom stereocenters. The van der Waals surface area contributed by atoms with Gasteiger partial charge >= 0.3 is 6.18 Å². The molecule has 0 radical (unpaired) electrons. The molecule has 0 bridgehead atoms. The third-order valence-electron chi connectivity index (χ3n) is 3.04. The largest absolute Gasteiger partial charge is 0.417 e. The molecule has 1 aromatic rings. The molecule has 118 valence electrons. The molecule has 21 heavy (non-hydrogen) atoms. The molecule has 0 saturated heterocycles. The fourth-order valence-corrected chi connectivity index (χ4v) is 2.15. The standard InChI is InChI=1S/C14H20F3N3O/c1-3-7-20(8-4-2)10-5-6-12(14(15,16)17)11(9-10)13(18)19-21/h5-6,9,21H,3-4,7-8H2,1-2H3,(H2,18,19). The summed E-state index contributed by atoms with van der Waals surface area (Å²) in [7, 11) is 0. The Bertz CT molecular complexity index is 495. The van der Waals surface area contributed by atoms with Crippen molar-refractivity contribution >= 4 is 11.5 Å². The molecule has 0 aliphatic heterocycles. The Morgan fingerprint density at radius 2 is 1.81 bits per heavy atom. The van der Waals surface area contributed by atoms with Crippen LogP contribution in [0.2, 0.25) is 0 Å². The Morgan fingerprint density at radius 3 is 2.24 bits per heavy atom. The topological polar surface area (TPSA) is 61.8 Å². The summed E-state index contributed by atoms with van der Waals surface area (Å²) in [5.41, 5.74) is 4.81. The van der Waals surface area contributed by atoms with Gasteiger partial charge in [-0.1, -0.05) is 19.0 Å². The SMILES string of the molecule is CCCN(CCC)c1ccc(C(F)(F)F)c(/C(N)=N/O)c1. The molecule has 0 aliphatic carbocycles. The average Bonchev–Trinajstić information content (AvgIpc) is 2.44. The second-order valence-electron chi connectivity index (χ2n) is 4.70. The summed E-state index contributed by atoms with van der Waals surface area (Å²) in [5.74, 6) is -0.544. The van der Waals surface area contributed by atoms with E-state index in [9.17, 15) is 13.2 Å². The van der Waals surface area contributed by atoms with E-state index in [4.69, 9.17) is 10.9 Å². The molecule has 0 unspecified atom stereocenters. The summed E-state index contributed by atoms with van der Waals surface area (Å²) in [6.07, 6.45) is -2.80. The Hall–Kier alpha value is -1.92. The molecule has 0 amide bonds. The first-order valence-corrected chi connectivity index (χ1v) is 6.79. The minimum absolute atomic E-state index is 0.306. The highest BCUT2D eigenvalue weighted by molar-refractivity contribution is 5.99. The van der Waals surface area contributed by atoms with Gasteiger partial charge < -0.3 is 15.8 Å². The first kappa shape index (κ1) is 17.1. The molecule has 0 aliphatic rings. The van der Waals surface area contributed by atoms with Crippen LogP contribution in [-0.4, -0.2) is 24.1 Å². The summed E-state index contributed by atoms with van der Waals surface area (Å²) < 4.78 is 38.9. The van der Waals surface area contributed by atoms with Gasteiger partial charge in [-0.15, -0.1) is 0 Å². The number of alkyl halides is 3. The Kier molecular flexibility index (Phi) is 5.87. The van der Waals surface area contributed by atoms with Crippen molar-refractivity contribution < 1.29 is 18.4 Å². The number of nitrogens with zero attached hydrogens (tertiary/aromatic N) is 2. The average molecular weight is 303 g/mol. The number of halogens is 3. The van der Waals surface area contributed by atoms with Crippen molar-refractivity contribution in [1.82, 2.24) is 0 Å². The third kappa shape index (κ3) is 4.27. The van der Waals surface area contributed by atoms with Crippen LogP contribution in [0.3, 0.4) is 0 Å². The maximum absolute atomic E-state index is 13.0. The number of nitrogens with two attached hydrogens (primary N) is 1. The number of rotatable bonds is 6. The van der Waals surface area contributed by atoms with E-state index in [0.29, 0.717) is 5.69 Å². The zero-order chi connectivity index (χ0) is 16.0. The highest BCUT2D eigenvalue weighted by Gasteiger charge is 2.34. The predicted octanol–water partition coefficient (Wildman–Crippen LogP) is 3.43. The van der Waals surface area contributed by atoms with E-state index in [0.717, 1.165) is 32.0 Å². The van der Waals surface area contributed by atoms with Gasteiger partial charge in [0, 0.05) is 24.3 Å². The van der Waals surface area contributed by atoms with Crippen molar-refractivity contribution in [2.45, 2.75) is 32.9 Å². The van der Waals surface area contributed by atoms with Crippen molar-refractivity contribution in [1.29, 1.82) is 0 Å². The second-order valence-corrected chi connectivity index (χ2v) is 4.70. The highest BCUT2D eigenvalue weighted by Crippen LogP contribution is 2.34. The van der Waals surface area contributed by atoms with Crippen LogP contribution in [0, 0.1) is 0 Å². The van der Waals surface area contributed by atoms with Gasteiger partial charge in [0.05, 0.1) is 5.56 Å². The summed E-state index contributed by atoms with van der Waals surface area (Å²) in [6.45, 7) is 5.46. The number of anilines is 1. The lowest BCUT2D eigenvalue weighted by atomic mass is 10.0. The van der Waals surface area contributed by atoms with Crippen molar-refractivity contribution in [2.75, 3.05) is 18.0 Å². The van der Waals surface area contributed by atoms with Gasteiger partial charge in [0.2, 0.25) is 0 Å². The first-order valence-electron chi connectivity index (χ1n) is 6.79. The van der Waals surface area contributed by atoms with E-state index in [2.05, 4.69) is 5.16 Å². The fraction of sp³-hybridized carbons (Fsp3) is 0.500. The predicted molar refractivity (Wildman–Crippen MR) is 76.7 cm³/mol. The summed E-state index contributed by atoms with van der Waals surface area (Å²) in [5, 5.41) is 11.4. The zero-order valence-corrected chi connectivity index (χ0v) is 12.1. The normalized spacial score (nSPS) is 12.5. The third-order valence-corrected chi connectivity index (χ3v) is 3.04. The van der Waals surface area contributed by atoms with Crippen LogP contribution in [0.4, 0.5) is 18.9 Å². The van der Waals surface area contributed by atoms with Crippen LogP contribution in [0.15, 0.2) is 23.4 Å². The fourth-order valence-electron chi connectivity index (χ4n) is 2.15. The molecule has 0 saturated carbocycles. The molecule has 4 nitrogen and oxygen atoms in total. The van der Waals surface area contributed by atoms with Crippen LogP contribution in [0.5, 0.6) is 0 Å². The van der Waals surface area contributed by atoms with Crippen molar-refractivity contribution in [3.63, 3.8) is 0 Å². The monoisotopic (exact) mass is 303 g/mol. The molecule has 0 aromatic heterocycles. The zero-order valence-electron chi connectivity index (χ0n) is 12.1. The Labute approximate surface area is 122 Å². The maximum atomic E-state index is 13.0. The summed E-state index contributed by atoms with van der Waals surface area (Å²) >= 11 is 0. The molecular formula is C14H20F3N3O. The van der Waals surface area contributed by atoms with Gasteiger partial charge in [-0.3, -0.25) is 0 Å². The van der Waals surface area contributed by atoms with Gasteiger partial charge in [-0.25, -0.2) is 0 Å². The molecule has 7 heteroatoms. The van der Waals surface area contributed by atoms with Crippen LogP contribution >= 0.6 is 0 Å². The maximum Gasteiger partial charge on any atom is 0.417 e. The minimum Gasteiger partial charge on any atom is -0.409 e. The van der Waals surface area contributed by atoms with Crippen LogP contribution in [0.1, 0.15) is 37.8 Å². The Morgan fingerprint density at radius 1 is 1.24 bits per heavy atom. The van der Waals surface area contributed by atoms with Gasteiger partial charge in [0.25, 0.3) is 0 Å². The lowest BCUT2D eigenvalue weighted by Crippen LogP contribution is -2.26. The summed E-state index contributed by atoms with van der Waals surface area (Å²) in [6, 6.07) is 3.71. The first-order chi connectivity index (χ1) is 9.85. The van der Waals surface area contributed by atoms with E-state index in [1.54, 1.807) is 0 Å². The number of amidine groups is 1. The summed E-state index contributed by atoms with van der Waals surface area (Å²) in [4.78, 5) is 1.98. The smallest absolute Gasteiger partial charge is 0.409 e. The molecule has 0 heterocycles. The van der Waals surface area contributed by atoms with Gasteiger partial charge in [0.1, 0.15) is 0 Å². The van der Waals surface area contributed by atoms with Crippen LogP contribution < -0.4 is 10.6 Å². The molecular weight excluding hydrogens is 283 g/mol. The van der Waals surface area contributed by atoms with Crippen molar-refractivity contribution in [3.8, 4) is 0 Å². The highest BCUT2D eigenvalue weighted by atomic mass is 19.4.